The molecule has 0 amide bonds. The first kappa shape index (κ1) is 24.3. The number of aryl methyl sites for hydroxylation is 1. The second-order valence-electron chi connectivity index (χ2n) is 6.40. The molecule has 0 radical (unpaired) electrons. The maximum atomic E-state index is 12.2. The SMILES string of the molecule is CCOCOC(=O)c1ccccc1Nc1c(Cl)ccc(C)c1Cl.Nc1ccccc1N. The first-order valence-electron chi connectivity index (χ1n) is 9.50. The molecule has 0 fully saturated rings. The van der Waals surface area contributed by atoms with E-state index >= 15 is 0 Å². The Bertz CT molecular complexity index is 1010. The fourth-order valence-electron chi connectivity index (χ4n) is 2.44. The number of nitrogens with one attached hydrogen (secondary N) is 1. The molecule has 0 saturated carbocycles. The Morgan fingerprint density at radius 3 is 2.19 bits per heavy atom. The van der Waals surface area contributed by atoms with Gasteiger partial charge in [-0.3, -0.25) is 0 Å². The van der Waals surface area contributed by atoms with Crippen LogP contribution in [0.1, 0.15) is 22.8 Å². The number of hydrogen-bond acceptors (Lipinski definition) is 6. The molecule has 3 aromatic rings. The summed E-state index contributed by atoms with van der Waals surface area (Å²) in [6.45, 7) is 4.09. The van der Waals surface area contributed by atoms with Crippen LogP contribution in [0.4, 0.5) is 22.7 Å². The highest BCUT2D eigenvalue weighted by Crippen LogP contribution is 2.36. The van der Waals surface area contributed by atoms with Gasteiger partial charge < -0.3 is 26.3 Å². The highest BCUT2D eigenvalue weighted by Gasteiger charge is 2.15. The Morgan fingerprint density at radius 1 is 0.968 bits per heavy atom. The molecule has 0 aromatic heterocycles. The van der Waals surface area contributed by atoms with Crippen LogP contribution in [0.25, 0.3) is 0 Å². The minimum Gasteiger partial charge on any atom is -0.435 e. The summed E-state index contributed by atoms with van der Waals surface area (Å²) in [7, 11) is 0. The number of benzene rings is 3. The van der Waals surface area contributed by atoms with Gasteiger partial charge in [0.25, 0.3) is 0 Å². The number of hydrogen-bond donors (Lipinski definition) is 3. The van der Waals surface area contributed by atoms with Crippen LogP contribution in [0.15, 0.2) is 60.7 Å². The van der Waals surface area contributed by atoms with Crippen molar-refractivity contribution in [3.05, 3.63) is 81.8 Å². The van der Waals surface area contributed by atoms with E-state index in [4.69, 9.17) is 44.1 Å². The molecule has 164 valence electrons. The van der Waals surface area contributed by atoms with Crippen molar-refractivity contribution in [1.29, 1.82) is 0 Å². The monoisotopic (exact) mass is 461 g/mol. The van der Waals surface area contributed by atoms with E-state index in [9.17, 15) is 4.79 Å². The van der Waals surface area contributed by atoms with Gasteiger partial charge in [-0.05, 0) is 49.7 Å². The molecule has 0 unspecified atom stereocenters. The summed E-state index contributed by atoms with van der Waals surface area (Å²) in [5.74, 6) is -0.485. The third-order valence-corrected chi connectivity index (χ3v) is 4.97. The minimum absolute atomic E-state index is 0.0877. The topological polar surface area (TPSA) is 99.6 Å². The molecule has 3 rings (SSSR count). The lowest BCUT2D eigenvalue weighted by molar-refractivity contribution is -0.0273. The van der Waals surface area contributed by atoms with E-state index < -0.39 is 5.97 Å². The van der Waals surface area contributed by atoms with Crippen molar-refractivity contribution in [2.75, 3.05) is 30.2 Å². The molecule has 0 heterocycles. The number of nitrogen functional groups attached to an aromatic ring is 2. The summed E-state index contributed by atoms with van der Waals surface area (Å²) in [5, 5.41) is 4.10. The molecule has 0 aliphatic carbocycles. The quantitative estimate of drug-likeness (QED) is 0.179. The van der Waals surface area contributed by atoms with Crippen LogP contribution in [-0.2, 0) is 9.47 Å². The van der Waals surface area contributed by atoms with Crippen molar-refractivity contribution in [3.63, 3.8) is 0 Å². The second kappa shape index (κ2) is 12.1. The number of nitrogens with two attached hydrogens (primary N) is 2. The molecule has 6 nitrogen and oxygen atoms in total. The van der Waals surface area contributed by atoms with Crippen LogP contribution < -0.4 is 16.8 Å². The van der Waals surface area contributed by atoms with E-state index in [0.29, 0.717) is 45.0 Å². The molecule has 0 aliphatic rings. The van der Waals surface area contributed by atoms with E-state index in [-0.39, 0.29) is 6.79 Å². The number of carbonyl (C=O) groups is 1. The van der Waals surface area contributed by atoms with Crippen LogP contribution >= 0.6 is 23.2 Å². The summed E-state index contributed by atoms with van der Waals surface area (Å²) in [5.41, 5.74) is 14.5. The summed E-state index contributed by atoms with van der Waals surface area (Å²) < 4.78 is 10.1. The Hall–Kier alpha value is -2.93. The molecule has 0 bridgehead atoms. The number of ether oxygens (including phenoxy) is 2. The number of anilines is 4. The molecule has 0 spiro atoms. The zero-order valence-corrected chi connectivity index (χ0v) is 18.8. The van der Waals surface area contributed by atoms with E-state index in [1.807, 2.05) is 32.0 Å². The predicted molar refractivity (Wildman–Crippen MR) is 128 cm³/mol. The second-order valence-corrected chi connectivity index (χ2v) is 7.18. The average molecular weight is 462 g/mol. The zero-order chi connectivity index (χ0) is 22.8. The van der Waals surface area contributed by atoms with Gasteiger partial charge in [0.2, 0.25) is 0 Å². The summed E-state index contributed by atoms with van der Waals surface area (Å²) >= 11 is 12.5. The first-order valence-corrected chi connectivity index (χ1v) is 10.3. The number of carbonyl (C=O) groups excluding carboxylic acids is 1. The number of halogens is 2. The summed E-state index contributed by atoms with van der Waals surface area (Å²) in [4.78, 5) is 12.2. The maximum absolute atomic E-state index is 12.2. The van der Waals surface area contributed by atoms with Crippen molar-refractivity contribution in [2.45, 2.75) is 13.8 Å². The molecular formula is C23H25Cl2N3O3. The van der Waals surface area contributed by atoms with Gasteiger partial charge in [-0.15, -0.1) is 0 Å². The highest BCUT2D eigenvalue weighted by atomic mass is 35.5. The number of rotatable bonds is 6. The first-order chi connectivity index (χ1) is 14.8. The van der Waals surface area contributed by atoms with Gasteiger partial charge in [0.15, 0.2) is 6.79 Å². The number of para-hydroxylation sites is 3. The van der Waals surface area contributed by atoms with Gasteiger partial charge in [-0.1, -0.05) is 53.5 Å². The van der Waals surface area contributed by atoms with Crippen LogP contribution in [0.3, 0.4) is 0 Å². The van der Waals surface area contributed by atoms with Gasteiger partial charge in [-0.25, -0.2) is 4.79 Å². The molecule has 0 aliphatic heterocycles. The van der Waals surface area contributed by atoms with Gasteiger partial charge >= 0.3 is 5.97 Å². The van der Waals surface area contributed by atoms with E-state index in [1.54, 1.807) is 42.5 Å². The molecule has 8 heteroatoms. The molecule has 3 aromatic carbocycles. The standard InChI is InChI=1S/C17H17Cl2NO3.C6H8N2/c1-3-22-10-23-17(21)12-6-4-5-7-14(12)20-16-13(18)9-8-11(2)15(16)19;7-5-3-1-2-4-6(5)8/h4-9,20H,3,10H2,1-2H3;1-4H,7-8H2. The van der Waals surface area contributed by atoms with Crippen molar-refractivity contribution in [1.82, 2.24) is 0 Å². The normalized spacial score (nSPS) is 10.1. The van der Waals surface area contributed by atoms with E-state index in [2.05, 4.69) is 5.32 Å². The van der Waals surface area contributed by atoms with Crippen molar-refractivity contribution < 1.29 is 14.3 Å². The molecule has 0 saturated heterocycles. The summed E-state index contributed by atoms with van der Waals surface area (Å²) in [6, 6.07) is 17.8. The highest BCUT2D eigenvalue weighted by molar-refractivity contribution is 6.39. The Balaban J connectivity index is 0.000000357. The molecular weight excluding hydrogens is 437 g/mol. The van der Waals surface area contributed by atoms with E-state index in [0.717, 1.165) is 5.56 Å². The molecule has 5 N–H and O–H groups in total. The third-order valence-electron chi connectivity index (χ3n) is 4.16. The van der Waals surface area contributed by atoms with E-state index in [1.165, 1.54) is 0 Å². The minimum atomic E-state index is -0.485. The van der Waals surface area contributed by atoms with Crippen molar-refractivity contribution in [3.8, 4) is 0 Å². The van der Waals surface area contributed by atoms with Gasteiger partial charge in [-0.2, -0.15) is 0 Å². The largest absolute Gasteiger partial charge is 0.435 e. The lowest BCUT2D eigenvalue weighted by atomic mass is 10.1. The number of esters is 1. The maximum Gasteiger partial charge on any atom is 0.342 e. The lowest BCUT2D eigenvalue weighted by Crippen LogP contribution is -2.11. The van der Waals surface area contributed by atoms with Crippen LogP contribution in [0, 0.1) is 6.92 Å². The third kappa shape index (κ3) is 7.07. The predicted octanol–water partition coefficient (Wildman–Crippen LogP) is 6.05. The average Bonchev–Trinajstić information content (AvgIpc) is 2.77. The van der Waals surface area contributed by atoms with Gasteiger partial charge in [0, 0.05) is 6.61 Å². The van der Waals surface area contributed by atoms with Crippen LogP contribution in [0.5, 0.6) is 0 Å². The Kier molecular flexibility index (Phi) is 9.46. The molecule has 31 heavy (non-hydrogen) atoms. The van der Waals surface area contributed by atoms with Gasteiger partial charge in [0.05, 0.1) is 38.4 Å². The Labute approximate surface area is 192 Å². The fraction of sp³-hybridized carbons (Fsp3) is 0.174. The smallest absolute Gasteiger partial charge is 0.342 e. The zero-order valence-electron chi connectivity index (χ0n) is 17.3. The Morgan fingerprint density at radius 2 is 1.58 bits per heavy atom. The van der Waals surface area contributed by atoms with Crippen molar-refractivity contribution >= 4 is 51.9 Å². The van der Waals surface area contributed by atoms with Crippen LogP contribution in [0.2, 0.25) is 10.0 Å². The van der Waals surface area contributed by atoms with Crippen LogP contribution in [-0.4, -0.2) is 19.4 Å². The lowest BCUT2D eigenvalue weighted by Gasteiger charge is -2.15. The summed E-state index contributed by atoms with van der Waals surface area (Å²) in [6.07, 6.45) is 0. The fourth-order valence-corrected chi connectivity index (χ4v) is 2.91. The molecule has 0 atom stereocenters. The van der Waals surface area contributed by atoms with Gasteiger partial charge in [0.1, 0.15) is 0 Å². The van der Waals surface area contributed by atoms with Crippen molar-refractivity contribution in [2.24, 2.45) is 0 Å².